The summed E-state index contributed by atoms with van der Waals surface area (Å²) in [7, 11) is 0. The molecule has 0 aliphatic carbocycles. The summed E-state index contributed by atoms with van der Waals surface area (Å²) in [5, 5.41) is 17.4. The molecule has 45 heavy (non-hydrogen) atoms. The lowest BCUT2D eigenvalue weighted by atomic mass is 9.97. The lowest BCUT2D eigenvalue weighted by Crippen LogP contribution is -2.76. The molecule has 2 saturated heterocycles. The van der Waals surface area contributed by atoms with Crippen LogP contribution in [0, 0.1) is 6.92 Å². The maximum Gasteiger partial charge on any atom is 0.334 e. The summed E-state index contributed by atoms with van der Waals surface area (Å²) in [4.78, 5) is 50.1. The molecular weight excluding hydrogens is 568 g/mol. The smallest absolute Gasteiger partial charge is 0.334 e. The van der Waals surface area contributed by atoms with E-state index in [1.54, 1.807) is 50.3 Å². The largest absolute Gasteiger partial charge is 0.508 e. The number of phenolic OH excluding ortho intramolecular Hbond substituents is 1. The summed E-state index contributed by atoms with van der Waals surface area (Å²) in [6.07, 6.45) is 2.03. The number of hydrazine groups is 1. The zero-order valence-electron chi connectivity index (χ0n) is 25.6. The van der Waals surface area contributed by atoms with E-state index in [1.165, 1.54) is 0 Å². The Morgan fingerprint density at radius 2 is 1.76 bits per heavy atom. The molecule has 2 atom stereocenters. The number of amides is 4. The van der Waals surface area contributed by atoms with Crippen LogP contribution < -0.4 is 5.32 Å². The van der Waals surface area contributed by atoms with E-state index in [4.69, 9.17) is 0 Å². The van der Waals surface area contributed by atoms with Gasteiger partial charge in [0.05, 0.1) is 18.6 Å². The molecule has 10 nitrogen and oxygen atoms in total. The SMILES string of the molecule is CCCN1CC(=O)N2[C@@H](Cc3ccc(O)cc3)C(=O)N(Cc3ccc(C)c4cccnc34)C[C@@H]2N1C(=O)NCc1ccccc1. The number of benzene rings is 3. The van der Waals surface area contributed by atoms with Crippen molar-refractivity contribution in [2.24, 2.45) is 0 Å². The van der Waals surface area contributed by atoms with E-state index in [1.807, 2.05) is 68.4 Å². The maximum atomic E-state index is 14.3. The molecule has 1 aromatic heterocycles. The number of fused-ring (bicyclic) bond motifs is 2. The van der Waals surface area contributed by atoms with E-state index >= 15 is 0 Å². The van der Waals surface area contributed by atoms with Crippen LogP contribution in [0.2, 0.25) is 0 Å². The van der Waals surface area contributed by atoms with E-state index in [9.17, 15) is 19.5 Å². The van der Waals surface area contributed by atoms with E-state index in [2.05, 4.69) is 10.3 Å². The van der Waals surface area contributed by atoms with Crippen molar-refractivity contribution in [1.29, 1.82) is 0 Å². The first-order valence-electron chi connectivity index (χ1n) is 15.4. The van der Waals surface area contributed by atoms with Gasteiger partial charge in [-0.15, -0.1) is 0 Å². The second-order valence-electron chi connectivity index (χ2n) is 11.7. The Balaban J connectivity index is 1.37. The molecule has 3 aromatic carbocycles. The minimum absolute atomic E-state index is 0.00499. The highest BCUT2D eigenvalue weighted by atomic mass is 16.3. The second kappa shape index (κ2) is 13.0. The number of nitrogens with one attached hydrogen (secondary N) is 1. The average molecular weight is 607 g/mol. The first kappa shape index (κ1) is 30.1. The second-order valence-corrected chi connectivity index (χ2v) is 11.7. The number of urea groups is 1. The summed E-state index contributed by atoms with van der Waals surface area (Å²) in [6.45, 7) is 5.32. The number of carbonyl (C=O) groups excluding carboxylic acids is 3. The Kier molecular flexibility index (Phi) is 8.66. The lowest BCUT2D eigenvalue weighted by molar-refractivity contribution is -0.190. The average Bonchev–Trinajstić information content (AvgIpc) is 3.05. The first-order chi connectivity index (χ1) is 21.8. The van der Waals surface area contributed by atoms with Crippen molar-refractivity contribution >= 4 is 28.7 Å². The molecule has 2 N–H and O–H groups in total. The summed E-state index contributed by atoms with van der Waals surface area (Å²) < 4.78 is 0. The molecule has 2 aliphatic heterocycles. The molecule has 2 fully saturated rings. The van der Waals surface area contributed by atoms with E-state index in [-0.39, 0.29) is 49.7 Å². The molecule has 10 heteroatoms. The van der Waals surface area contributed by atoms with Crippen LogP contribution >= 0.6 is 0 Å². The standard InChI is InChI=1S/C35H38N6O4/c1-3-18-39-23-32(43)40-30(19-25-12-15-28(42)16-13-25)34(44)38(21-27-14-11-24(2)29-10-7-17-36-33(27)29)22-31(40)41(39)35(45)37-20-26-8-5-4-6-9-26/h4-17,30-31,42H,3,18-23H2,1-2H3,(H,37,45)/t30-,31-/m0/s1. The highest BCUT2D eigenvalue weighted by Crippen LogP contribution is 2.31. The zero-order valence-corrected chi connectivity index (χ0v) is 25.6. The van der Waals surface area contributed by atoms with Crippen LogP contribution in [0.5, 0.6) is 5.75 Å². The number of phenols is 1. The van der Waals surface area contributed by atoms with Gasteiger partial charge in [0.2, 0.25) is 11.8 Å². The number of carbonyl (C=O) groups is 3. The van der Waals surface area contributed by atoms with Gasteiger partial charge in [-0.05, 0) is 53.8 Å². The molecule has 0 unspecified atom stereocenters. The molecule has 0 spiro atoms. The van der Waals surface area contributed by atoms with Crippen molar-refractivity contribution in [3.8, 4) is 5.75 Å². The van der Waals surface area contributed by atoms with Gasteiger partial charge in [-0.2, -0.15) is 0 Å². The van der Waals surface area contributed by atoms with Gasteiger partial charge in [0.1, 0.15) is 18.0 Å². The summed E-state index contributed by atoms with van der Waals surface area (Å²) >= 11 is 0. The normalized spacial score (nSPS) is 18.8. The topological polar surface area (TPSA) is 109 Å². The van der Waals surface area contributed by atoms with Gasteiger partial charge in [-0.1, -0.05) is 67.6 Å². The zero-order chi connectivity index (χ0) is 31.5. The molecule has 0 radical (unpaired) electrons. The van der Waals surface area contributed by atoms with Crippen LogP contribution in [0.25, 0.3) is 10.9 Å². The highest BCUT2D eigenvalue weighted by Gasteiger charge is 2.51. The van der Waals surface area contributed by atoms with Crippen LogP contribution in [0.1, 0.15) is 35.6 Å². The number of aryl methyl sites for hydroxylation is 1. The number of nitrogens with zero attached hydrogens (tertiary/aromatic N) is 5. The van der Waals surface area contributed by atoms with Gasteiger partial charge >= 0.3 is 6.03 Å². The van der Waals surface area contributed by atoms with Crippen LogP contribution in [0.3, 0.4) is 0 Å². The monoisotopic (exact) mass is 606 g/mol. The van der Waals surface area contributed by atoms with Crippen LogP contribution in [-0.2, 0) is 29.1 Å². The number of aromatic nitrogens is 1. The summed E-state index contributed by atoms with van der Waals surface area (Å²) in [5.41, 5.74) is 4.58. The van der Waals surface area contributed by atoms with Crippen molar-refractivity contribution in [2.75, 3.05) is 19.6 Å². The third-order valence-corrected chi connectivity index (χ3v) is 8.60. The van der Waals surface area contributed by atoms with Crippen molar-refractivity contribution in [3.63, 3.8) is 0 Å². The molecule has 6 rings (SSSR count). The highest BCUT2D eigenvalue weighted by molar-refractivity contribution is 5.92. The van der Waals surface area contributed by atoms with Crippen LogP contribution in [0.15, 0.2) is 85.1 Å². The number of piperazine rings is 1. The van der Waals surface area contributed by atoms with E-state index in [0.717, 1.165) is 39.6 Å². The van der Waals surface area contributed by atoms with Gasteiger partial charge in [-0.3, -0.25) is 14.6 Å². The van der Waals surface area contributed by atoms with Gasteiger partial charge < -0.3 is 20.2 Å². The van der Waals surface area contributed by atoms with Crippen molar-refractivity contribution < 1.29 is 19.5 Å². The van der Waals surface area contributed by atoms with Gasteiger partial charge in [0, 0.05) is 37.6 Å². The Labute approximate surface area is 262 Å². The molecular formula is C35H38N6O4. The fraction of sp³-hybridized carbons (Fsp3) is 0.314. The number of aromatic hydroxyl groups is 1. The Bertz CT molecular complexity index is 1700. The third-order valence-electron chi connectivity index (χ3n) is 8.60. The van der Waals surface area contributed by atoms with Crippen molar-refractivity contribution in [1.82, 2.24) is 30.1 Å². The van der Waals surface area contributed by atoms with Gasteiger partial charge in [0.15, 0.2) is 0 Å². The van der Waals surface area contributed by atoms with E-state index in [0.29, 0.717) is 13.1 Å². The van der Waals surface area contributed by atoms with Crippen LogP contribution in [0.4, 0.5) is 4.79 Å². The predicted octanol–water partition coefficient (Wildman–Crippen LogP) is 4.21. The Morgan fingerprint density at radius 1 is 0.978 bits per heavy atom. The van der Waals surface area contributed by atoms with Crippen LogP contribution in [-0.4, -0.2) is 79.6 Å². The van der Waals surface area contributed by atoms with Crippen molar-refractivity contribution in [3.05, 3.63) is 107 Å². The molecule has 0 saturated carbocycles. The number of hydrogen-bond donors (Lipinski definition) is 2. The van der Waals surface area contributed by atoms with Gasteiger partial charge in [0.25, 0.3) is 0 Å². The molecule has 3 heterocycles. The molecule has 4 aromatic rings. The summed E-state index contributed by atoms with van der Waals surface area (Å²) in [5.74, 6) is -0.261. The summed E-state index contributed by atoms with van der Waals surface area (Å²) in [6, 6.07) is 23.1. The van der Waals surface area contributed by atoms with E-state index < -0.39 is 12.2 Å². The van der Waals surface area contributed by atoms with Crippen molar-refractivity contribution in [2.45, 2.75) is 52.0 Å². The number of pyridine rings is 1. The lowest BCUT2D eigenvalue weighted by Gasteiger charge is -2.55. The maximum absolute atomic E-state index is 14.3. The molecule has 0 bridgehead atoms. The molecule has 4 amide bonds. The molecule has 232 valence electrons. The Hall–Kier alpha value is -4.96. The third kappa shape index (κ3) is 6.19. The fourth-order valence-corrected chi connectivity index (χ4v) is 6.40. The number of hydrogen-bond acceptors (Lipinski definition) is 6. The number of rotatable bonds is 8. The predicted molar refractivity (Wildman–Crippen MR) is 171 cm³/mol. The minimum atomic E-state index is -0.835. The first-order valence-corrected chi connectivity index (χ1v) is 15.4. The Morgan fingerprint density at radius 3 is 2.51 bits per heavy atom. The fourth-order valence-electron chi connectivity index (χ4n) is 6.40. The van der Waals surface area contributed by atoms with Gasteiger partial charge in [-0.25, -0.2) is 14.8 Å². The quantitative estimate of drug-likeness (QED) is 0.311. The minimum Gasteiger partial charge on any atom is -0.508 e. The molecule has 2 aliphatic rings.